The largest absolute Gasteiger partial charge is 0.418 e. The number of halogens is 3. The third-order valence-electron chi connectivity index (χ3n) is 6.67. The number of hydrogen-bond acceptors (Lipinski definition) is 6. The summed E-state index contributed by atoms with van der Waals surface area (Å²) in [6, 6.07) is 9.04. The van der Waals surface area contributed by atoms with Crippen LogP contribution in [-0.2, 0) is 19.1 Å². The van der Waals surface area contributed by atoms with Gasteiger partial charge in [0.05, 0.1) is 17.4 Å². The van der Waals surface area contributed by atoms with Crippen LogP contribution >= 0.6 is 0 Å². The van der Waals surface area contributed by atoms with Crippen LogP contribution in [0.15, 0.2) is 36.5 Å². The molecule has 1 unspecified atom stereocenters. The van der Waals surface area contributed by atoms with E-state index in [1.165, 1.54) is 6.07 Å². The maximum atomic E-state index is 13.7. The highest BCUT2D eigenvalue weighted by Crippen LogP contribution is 2.42. The summed E-state index contributed by atoms with van der Waals surface area (Å²) in [5.41, 5.74) is 0.878. The first-order valence-electron chi connectivity index (χ1n) is 11.4. The van der Waals surface area contributed by atoms with E-state index in [1.807, 2.05) is 38.1 Å². The molecule has 2 heterocycles. The third-order valence-corrected chi connectivity index (χ3v) is 6.67. The van der Waals surface area contributed by atoms with Crippen molar-refractivity contribution in [3.63, 3.8) is 0 Å². The average Bonchev–Trinajstić information content (AvgIpc) is 3.20. The minimum Gasteiger partial charge on any atom is -0.393 e. The molecule has 0 amide bonds. The molecule has 182 valence electrons. The van der Waals surface area contributed by atoms with Gasteiger partial charge in [-0.15, -0.1) is 5.10 Å². The highest BCUT2D eigenvalue weighted by Gasteiger charge is 2.38. The lowest BCUT2D eigenvalue weighted by Gasteiger charge is -2.40. The Morgan fingerprint density at radius 1 is 1.18 bits per heavy atom. The lowest BCUT2D eigenvalue weighted by Crippen LogP contribution is -2.37. The van der Waals surface area contributed by atoms with Crippen LogP contribution in [0.2, 0.25) is 0 Å². The van der Waals surface area contributed by atoms with Crippen molar-refractivity contribution in [2.75, 3.05) is 5.32 Å². The van der Waals surface area contributed by atoms with E-state index in [0.717, 1.165) is 17.4 Å². The van der Waals surface area contributed by atoms with E-state index < -0.39 is 17.8 Å². The number of nitrogens with zero attached hydrogens (tertiary/aromatic N) is 5. The fourth-order valence-corrected chi connectivity index (χ4v) is 4.78. The van der Waals surface area contributed by atoms with Crippen LogP contribution in [0.3, 0.4) is 0 Å². The van der Waals surface area contributed by atoms with E-state index in [-0.39, 0.29) is 16.9 Å². The van der Waals surface area contributed by atoms with Crippen LogP contribution in [0.25, 0.3) is 5.69 Å². The minimum absolute atomic E-state index is 0.0678. The molecule has 0 aliphatic heterocycles. The van der Waals surface area contributed by atoms with Gasteiger partial charge in [0, 0.05) is 12.7 Å². The molecule has 2 aromatic heterocycles. The Labute approximate surface area is 196 Å². The molecule has 10 heteroatoms. The number of pyridine rings is 1. The molecular formula is C24H29F3N6O. The van der Waals surface area contributed by atoms with E-state index in [1.54, 1.807) is 11.6 Å². The van der Waals surface area contributed by atoms with Gasteiger partial charge in [0.15, 0.2) is 5.82 Å². The van der Waals surface area contributed by atoms with Crippen molar-refractivity contribution in [2.45, 2.75) is 65.3 Å². The van der Waals surface area contributed by atoms with Gasteiger partial charge in [-0.25, -0.2) is 4.98 Å². The summed E-state index contributed by atoms with van der Waals surface area (Å²) in [5.74, 6) is 1.07. The number of benzene rings is 1. The van der Waals surface area contributed by atoms with Gasteiger partial charge in [0.25, 0.3) is 0 Å². The molecule has 1 aliphatic rings. The molecule has 0 bridgehead atoms. The smallest absolute Gasteiger partial charge is 0.393 e. The lowest BCUT2D eigenvalue weighted by atomic mass is 9.68. The van der Waals surface area contributed by atoms with Crippen LogP contribution in [0.5, 0.6) is 0 Å². The first kappa shape index (κ1) is 24.1. The Morgan fingerprint density at radius 2 is 1.94 bits per heavy atom. The van der Waals surface area contributed by atoms with Gasteiger partial charge in [-0.05, 0) is 77.6 Å². The zero-order valence-corrected chi connectivity index (χ0v) is 19.5. The number of para-hydroxylation sites is 1. The van der Waals surface area contributed by atoms with Crippen molar-refractivity contribution in [3.05, 3.63) is 59.0 Å². The summed E-state index contributed by atoms with van der Waals surface area (Å²) in [7, 11) is 0. The van der Waals surface area contributed by atoms with Crippen LogP contribution in [-0.4, -0.2) is 36.4 Å². The number of nitrogens with one attached hydrogen (secondary N) is 1. The Balaban J connectivity index is 1.56. The summed E-state index contributed by atoms with van der Waals surface area (Å²) in [6.45, 7) is 6.07. The molecule has 4 rings (SSSR count). The molecular weight excluding hydrogens is 445 g/mol. The number of aromatic nitrogens is 5. The van der Waals surface area contributed by atoms with Crippen LogP contribution in [0.1, 0.15) is 55.6 Å². The van der Waals surface area contributed by atoms with E-state index in [4.69, 9.17) is 0 Å². The normalized spacial score (nSPS) is 20.3. The number of alkyl halides is 3. The number of rotatable bonds is 6. The number of anilines is 1. The predicted octanol–water partition coefficient (Wildman–Crippen LogP) is 4.73. The van der Waals surface area contributed by atoms with Crippen molar-refractivity contribution in [1.82, 2.24) is 25.2 Å². The standard InChI is InChI=1S/C24H29F3N6O/c1-15-30-31-32-33(15)20-7-5-4-6-17(20)13-28-22-11-18(19(14-29-22)24(25,26)27)10-16-8-9-21(34)23(2,3)12-16/h4-7,11,14,16,21,34H,8-10,12-13H2,1-3H3,(H,28,29)/t16?,21-/m1/s1. The van der Waals surface area contributed by atoms with Gasteiger partial charge < -0.3 is 10.4 Å². The number of aliphatic hydroxyl groups is 1. The molecule has 7 nitrogen and oxygen atoms in total. The summed E-state index contributed by atoms with van der Waals surface area (Å²) in [6.07, 6.45) is -1.72. The van der Waals surface area contributed by atoms with Crippen molar-refractivity contribution < 1.29 is 18.3 Å². The van der Waals surface area contributed by atoms with E-state index in [9.17, 15) is 18.3 Å². The molecule has 0 radical (unpaired) electrons. The quantitative estimate of drug-likeness (QED) is 0.537. The number of tetrazole rings is 1. The highest BCUT2D eigenvalue weighted by atomic mass is 19.4. The number of aliphatic hydroxyl groups excluding tert-OH is 1. The minimum atomic E-state index is -4.48. The maximum absolute atomic E-state index is 13.7. The molecule has 2 atom stereocenters. The van der Waals surface area contributed by atoms with Gasteiger partial charge in [0.1, 0.15) is 5.82 Å². The second-order valence-electron chi connectivity index (χ2n) is 9.70. The van der Waals surface area contributed by atoms with Crippen LogP contribution in [0.4, 0.5) is 19.0 Å². The fourth-order valence-electron chi connectivity index (χ4n) is 4.78. The number of hydrogen-bond donors (Lipinski definition) is 2. The second-order valence-corrected chi connectivity index (χ2v) is 9.70. The zero-order chi connectivity index (χ0) is 24.5. The molecule has 0 spiro atoms. The molecule has 1 fully saturated rings. The molecule has 3 aromatic rings. The van der Waals surface area contributed by atoms with Gasteiger partial charge in [-0.2, -0.15) is 17.9 Å². The highest BCUT2D eigenvalue weighted by molar-refractivity contribution is 5.46. The lowest BCUT2D eigenvalue weighted by molar-refractivity contribution is -0.138. The van der Waals surface area contributed by atoms with Crippen LogP contribution in [0, 0.1) is 18.3 Å². The molecule has 1 saturated carbocycles. The van der Waals surface area contributed by atoms with Gasteiger partial charge in [-0.3, -0.25) is 0 Å². The van der Waals surface area contributed by atoms with E-state index >= 15 is 0 Å². The Morgan fingerprint density at radius 3 is 2.62 bits per heavy atom. The molecule has 1 aromatic carbocycles. The predicted molar refractivity (Wildman–Crippen MR) is 121 cm³/mol. The summed E-state index contributed by atoms with van der Waals surface area (Å²) < 4.78 is 42.8. The van der Waals surface area contributed by atoms with Crippen molar-refractivity contribution in [2.24, 2.45) is 11.3 Å². The number of aryl methyl sites for hydroxylation is 1. The van der Waals surface area contributed by atoms with Crippen molar-refractivity contribution in [3.8, 4) is 5.69 Å². The average molecular weight is 475 g/mol. The topological polar surface area (TPSA) is 88.8 Å². The fraction of sp³-hybridized carbons (Fsp3) is 0.500. The molecule has 34 heavy (non-hydrogen) atoms. The zero-order valence-electron chi connectivity index (χ0n) is 19.5. The van der Waals surface area contributed by atoms with Gasteiger partial charge in [0.2, 0.25) is 0 Å². The van der Waals surface area contributed by atoms with E-state index in [2.05, 4.69) is 25.8 Å². The molecule has 0 saturated heterocycles. The first-order chi connectivity index (χ1) is 16.0. The Bertz CT molecular complexity index is 1140. The SMILES string of the molecule is Cc1nnnn1-c1ccccc1CNc1cc(CC2CC[C@@H](O)C(C)(C)C2)c(C(F)(F)F)cn1. The van der Waals surface area contributed by atoms with Crippen molar-refractivity contribution in [1.29, 1.82) is 0 Å². The van der Waals surface area contributed by atoms with Crippen molar-refractivity contribution >= 4 is 5.82 Å². The Hall–Kier alpha value is -3.01. The molecule has 1 aliphatic carbocycles. The maximum Gasteiger partial charge on any atom is 0.418 e. The monoisotopic (exact) mass is 474 g/mol. The second kappa shape index (κ2) is 9.32. The van der Waals surface area contributed by atoms with Gasteiger partial charge in [-0.1, -0.05) is 32.0 Å². The molecule has 2 N–H and O–H groups in total. The van der Waals surface area contributed by atoms with Gasteiger partial charge >= 0.3 is 6.18 Å². The Kier molecular flexibility index (Phi) is 6.62. The summed E-state index contributed by atoms with van der Waals surface area (Å²) in [5, 5.41) is 25.0. The summed E-state index contributed by atoms with van der Waals surface area (Å²) >= 11 is 0. The summed E-state index contributed by atoms with van der Waals surface area (Å²) in [4.78, 5) is 4.05. The van der Waals surface area contributed by atoms with Crippen LogP contribution < -0.4 is 5.32 Å². The van der Waals surface area contributed by atoms with E-state index in [0.29, 0.717) is 43.9 Å². The first-order valence-corrected chi connectivity index (χ1v) is 11.4. The third kappa shape index (κ3) is 5.22.